The molecule has 1 saturated carbocycles. The zero-order valence-corrected chi connectivity index (χ0v) is 5.29. The zero-order chi connectivity index (χ0) is 7.78. The van der Waals surface area contributed by atoms with Gasteiger partial charge in [-0.05, 0) is 12.8 Å². The van der Waals surface area contributed by atoms with Crippen molar-refractivity contribution in [2.24, 2.45) is 5.41 Å². The van der Waals surface area contributed by atoms with Crippen molar-refractivity contribution < 1.29 is 19.8 Å². The molecule has 0 spiro atoms. The molecule has 0 heterocycles. The Morgan fingerprint density at radius 2 is 1.90 bits per heavy atom. The summed E-state index contributed by atoms with van der Waals surface area (Å²) in [5.41, 5.74) is -1.56. The fourth-order valence-electron chi connectivity index (χ4n) is 1.04. The van der Waals surface area contributed by atoms with Crippen LogP contribution in [-0.4, -0.2) is 17.0 Å². The smallest absolute Gasteiger partial charge is 0.315 e. The number of aliphatic carboxylic acids is 2. The second kappa shape index (κ2) is 1.97. The number of carbonyl (C=O) groups is 2. The molecule has 1 N–H and O–H groups in total. The van der Waals surface area contributed by atoms with Crippen LogP contribution in [-0.2, 0) is 9.59 Å². The van der Waals surface area contributed by atoms with Gasteiger partial charge in [-0.25, -0.2) is 0 Å². The molecule has 0 radical (unpaired) electrons. The summed E-state index contributed by atoms with van der Waals surface area (Å²) in [6.07, 6.45) is 1.09. The predicted molar refractivity (Wildman–Crippen MR) is 28.9 cm³/mol. The molecule has 1 rings (SSSR count). The molecule has 0 aromatic rings. The van der Waals surface area contributed by atoms with Crippen LogP contribution < -0.4 is 5.11 Å². The molecule has 0 unspecified atom stereocenters. The summed E-state index contributed by atoms with van der Waals surface area (Å²) in [5.74, 6) is -2.72. The summed E-state index contributed by atoms with van der Waals surface area (Å²) in [5, 5.41) is 18.7. The van der Waals surface area contributed by atoms with E-state index in [1.54, 1.807) is 0 Å². The fourth-order valence-corrected chi connectivity index (χ4v) is 1.04. The summed E-state index contributed by atoms with van der Waals surface area (Å²) in [7, 11) is 0. The van der Waals surface area contributed by atoms with Gasteiger partial charge in [0.15, 0.2) is 0 Å². The first kappa shape index (κ1) is 7.05. The quantitative estimate of drug-likeness (QED) is 0.502. The number of carbonyl (C=O) groups excluding carboxylic acids is 1. The van der Waals surface area contributed by atoms with E-state index >= 15 is 0 Å². The molecule has 10 heavy (non-hydrogen) atoms. The Labute approximate surface area is 57.5 Å². The standard InChI is InChI=1S/C6H8O4/c7-4(8)6(5(9)10)2-1-3-6/h1-3H2,(H,7,8)(H,9,10)/p-1. The van der Waals surface area contributed by atoms with Gasteiger partial charge in [-0.1, -0.05) is 6.42 Å². The molecule has 1 aliphatic carbocycles. The van der Waals surface area contributed by atoms with E-state index in [2.05, 4.69) is 0 Å². The van der Waals surface area contributed by atoms with Gasteiger partial charge >= 0.3 is 5.97 Å². The minimum Gasteiger partial charge on any atom is -0.549 e. The molecule has 4 heteroatoms. The van der Waals surface area contributed by atoms with Crippen molar-refractivity contribution in [3.63, 3.8) is 0 Å². The molecule has 0 amide bonds. The topological polar surface area (TPSA) is 77.4 Å². The minimum absolute atomic E-state index is 0.213. The average Bonchev–Trinajstić information content (AvgIpc) is 1.57. The van der Waals surface area contributed by atoms with Crippen molar-refractivity contribution in [3.05, 3.63) is 0 Å². The number of hydrogen-bond acceptors (Lipinski definition) is 3. The van der Waals surface area contributed by atoms with E-state index in [4.69, 9.17) is 5.11 Å². The Balaban J connectivity index is 2.78. The molecule has 0 atom stereocenters. The SMILES string of the molecule is O=C([O-])C1(C(=O)O)CCC1. The summed E-state index contributed by atoms with van der Waals surface area (Å²) in [6.45, 7) is 0. The van der Waals surface area contributed by atoms with Gasteiger partial charge in [-0.2, -0.15) is 0 Å². The third-order valence-corrected chi connectivity index (χ3v) is 2.01. The molecule has 0 aromatic carbocycles. The van der Waals surface area contributed by atoms with Crippen LogP contribution in [0.2, 0.25) is 0 Å². The minimum atomic E-state index is -1.56. The highest BCUT2D eigenvalue weighted by Crippen LogP contribution is 2.40. The summed E-state index contributed by atoms with van der Waals surface area (Å²) < 4.78 is 0. The first-order chi connectivity index (χ1) is 4.59. The van der Waals surface area contributed by atoms with Crippen molar-refractivity contribution in [1.29, 1.82) is 0 Å². The van der Waals surface area contributed by atoms with Crippen molar-refractivity contribution >= 4 is 11.9 Å². The van der Waals surface area contributed by atoms with Crippen molar-refractivity contribution in [2.45, 2.75) is 19.3 Å². The molecule has 1 fully saturated rings. The maximum absolute atomic E-state index is 10.3. The van der Waals surface area contributed by atoms with Gasteiger partial charge in [0, 0.05) is 0 Å². The Kier molecular flexibility index (Phi) is 1.39. The van der Waals surface area contributed by atoms with Gasteiger partial charge in [0.25, 0.3) is 0 Å². The van der Waals surface area contributed by atoms with Gasteiger partial charge in [0.1, 0.15) is 5.41 Å². The van der Waals surface area contributed by atoms with E-state index < -0.39 is 17.4 Å². The molecule has 1 aliphatic rings. The van der Waals surface area contributed by atoms with E-state index in [0.717, 1.165) is 0 Å². The molecule has 0 aromatic heterocycles. The van der Waals surface area contributed by atoms with Gasteiger partial charge in [0.05, 0.1) is 5.97 Å². The predicted octanol–water partition coefficient (Wildman–Crippen LogP) is -1.01. The monoisotopic (exact) mass is 143 g/mol. The Hall–Kier alpha value is -1.06. The first-order valence-electron chi connectivity index (χ1n) is 3.04. The third kappa shape index (κ3) is 0.683. The van der Waals surface area contributed by atoms with Crippen molar-refractivity contribution in [1.82, 2.24) is 0 Å². The second-order valence-corrected chi connectivity index (χ2v) is 2.53. The van der Waals surface area contributed by atoms with E-state index in [-0.39, 0.29) is 12.8 Å². The number of rotatable bonds is 2. The average molecular weight is 143 g/mol. The number of hydrogen-bond donors (Lipinski definition) is 1. The van der Waals surface area contributed by atoms with Crippen LogP contribution in [0.25, 0.3) is 0 Å². The summed E-state index contributed by atoms with van der Waals surface area (Å²) in [4.78, 5) is 20.6. The lowest BCUT2D eigenvalue weighted by molar-refractivity contribution is -0.321. The molecular weight excluding hydrogens is 136 g/mol. The largest absolute Gasteiger partial charge is 0.549 e. The van der Waals surface area contributed by atoms with Gasteiger partial charge in [-0.15, -0.1) is 0 Å². The molecule has 56 valence electrons. The van der Waals surface area contributed by atoms with Gasteiger partial charge < -0.3 is 15.0 Å². The normalized spacial score (nSPS) is 21.2. The second-order valence-electron chi connectivity index (χ2n) is 2.53. The van der Waals surface area contributed by atoms with Crippen LogP contribution in [0.3, 0.4) is 0 Å². The zero-order valence-electron chi connectivity index (χ0n) is 5.29. The molecule has 0 bridgehead atoms. The fraction of sp³-hybridized carbons (Fsp3) is 0.667. The Morgan fingerprint density at radius 1 is 1.40 bits per heavy atom. The molecule has 0 saturated heterocycles. The lowest BCUT2D eigenvalue weighted by atomic mass is 9.69. The molecule has 0 aliphatic heterocycles. The number of carboxylic acids is 2. The van der Waals surface area contributed by atoms with E-state index in [1.165, 1.54) is 0 Å². The van der Waals surface area contributed by atoms with Crippen LogP contribution in [0.5, 0.6) is 0 Å². The number of carboxylic acid groups (broad SMARTS) is 2. The summed E-state index contributed by atoms with van der Waals surface area (Å²) in [6, 6.07) is 0. The lowest BCUT2D eigenvalue weighted by Crippen LogP contribution is -2.52. The highest BCUT2D eigenvalue weighted by Gasteiger charge is 2.45. The van der Waals surface area contributed by atoms with E-state index in [1.807, 2.05) is 0 Å². The van der Waals surface area contributed by atoms with Crippen LogP contribution in [0, 0.1) is 5.41 Å². The maximum atomic E-state index is 10.3. The maximum Gasteiger partial charge on any atom is 0.315 e. The van der Waals surface area contributed by atoms with Crippen molar-refractivity contribution in [2.75, 3.05) is 0 Å². The van der Waals surface area contributed by atoms with Crippen LogP contribution in [0.15, 0.2) is 0 Å². The van der Waals surface area contributed by atoms with Crippen LogP contribution in [0.4, 0.5) is 0 Å². The first-order valence-corrected chi connectivity index (χ1v) is 3.04. The highest BCUT2D eigenvalue weighted by atomic mass is 16.4. The molecule has 4 nitrogen and oxygen atoms in total. The highest BCUT2D eigenvalue weighted by molar-refractivity contribution is 5.98. The Bertz CT molecular complexity index is 164. The third-order valence-electron chi connectivity index (χ3n) is 2.01. The van der Waals surface area contributed by atoms with Crippen LogP contribution in [0.1, 0.15) is 19.3 Å². The van der Waals surface area contributed by atoms with Gasteiger partial charge in [-0.3, -0.25) is 4.79 Å². The van der Waals surface area contributed by atoms with Crippen LogP contribution >= 0.6 is 0 Å². The Morgan fingerprint density at radius 3 is 1.90 bits per heavy atom. The van der Waals surface area contributed by atoms with Gasteiger partial charge in [0.2, 0.25) is 0 Å². The van der Waals surface area contributed by atoms with Crippen molar-refractivity contribution in [3.8, 4) is 0 Å². The van der Waals surface area contributed by atoms with E-state index in [0.29, 0.717) is 6.42 Å². The summed E-state index contributed by atoms with van der Waals surface area (Å²) >= 11 is 0. The molecular formula is C6H7O4-. The van der Waals surface area contributed by atoms with E-state index in [9.17, 15) is 14.7 Å². The lowest BCUT2D eigenvalue weighted by Gasteiger charge is -2.38.